The number of hydrogen-bond donors (Lipinski definition) is 0. The molecule has 3 heterocycles. The zero-order valence-electron chi connectivity index (χ0n) is 13.6. The van der Waals surface area contributed by atoms with Crippen molar-refractivity contribution in [1.82, 2.24) is 9.80 Å². The van der Waals surface area contributed by atoms with Crippen molar-refractivity contribution in [3.8, 4) is 0 Å². The minimum absolute atomic E-state index is 0.0241. The first-order chi connectivity index (χ1) is 11.1. The molecule has 3 rings (SSSR count). The number of ether oxygens (including phenoxy) is 1. The molecule has 0 radical (unpaired) electrons. The Bertz CT molecular complexity index is 607. The summed E-state index contributed by atoms with van der Waals surface area (Å²) >= 11 is 0. The Balaban J connectivity index is 1.69. The molecule has 0 saturated carbocycles. The summed E-state index contributed by atoms with van der Waals surface area (Å²) < 4.78 is 11.3. The van der Waals surface area contributed by atoms with Crippen LogP contribution in [0.15, 0.2) is 21.3 Å². The van der Waals surface area contributed by atoms with E-state index in [0.29, 0.717) is 25.5 Å². The number of carbonyl (C=O) groups excluding carboxylic acids is 1. The van der Waals surface area contributed by atoms with Gasteiger partial charge in [-0.05, 0) is 39.3 Å². The van der Waals surface area contributed by atoms with Gasteiger partial charge in [0.2, 0.25) is 0 Å². The molecule has 0 N–H and O–H groups in total. The Labute approximate surface area is 136 Å². The predicted octanol–water partition coefficient (Wildman–Crippen LogP) is 1.28. The molecule has 6 heteroatoms. The maximum atomic E-state index is 12.7. The van der Waals surface area contributed by atoms with Gasteiger partial charge in [-0.25, -0.2) is 0 Å². The Morgan fingerprint density at radius 3 is 2.74 bits per heavy atom. The van der Waals surface area contributed by atoms with Crippen LogP contribution in [0.4, 0.5) is 0 Å². The lowest BCUT2D eigenvalue weighted by Crippen LogP contribution is -2.42. The van der Waals surface area contributed by atoms with Gasteiger partial charge >= 0.3 is 0 Å². The minimum Gasteiger partial charge on any atom is -0.456 e. The van der Waals surface area contributed by atoms with Gasteiger partial charge in [-0.2, -0.15) is 0 Å². The maximum Gasteiger partial charge on any atom is 0.289 e. The lowest BCUT2D eigenvalue weighted by molar-refractivity contribution is 0.0289. The molecule has 0 aliphatic carbocycles. The van der Waals surface area contributed by atoms with Gasteiger partial charge in [0, 0.05) is 38.4 Å². The number of amides is 1. The molecule has 1 unspecified atom stereocenters. The third-order valence-corrected chi connectivity index (χ3v) is 4.40. The average molecular weight is 320 g/mol. The second kappa shape index (κ2) is 7.27. The summed E-state index contributed by atoms with van der Waals surface area (Å²) in [6.07, 6.45) is 3.31. The van der Waals surface area contributed by atoms with Crippen LogP contribution in [-0.4, -0.2) is 61.1 Å². The van der Waals surface area contributed by atoms with Crippen molar-refractivity contribution in [3.63, 3.8) is 0 Å². The van der Waals surface area contributed by atoms with E-state index in [0.717, 1.165) is 26.1 Å². The van der Waals surface area contributed by atoms with E-state index >= 15 is 0 Å². The summed E-state index contributed by atoms with van der Waals surface area (Å²) in [5.41, 5.74) is -0.197. The normalized spacial score (nSPS) is 23.0. The molecule has 0 spiro atoms. The van der Waals surface area contributed by atoms with E-state index in [2.05, 4.69) is 4.90 Å². The van der Waals surface area contributed by atoms with Gasteiger partial charge in [0.1, 0.15) is 5.76 Å². The van der Waals surface area contributed by atoms with Crippen LogP contribution in [-0.2, 0) is 4.74 Å². The van der Waals surface area contributed by atoms with Gasteiger partial charge in [-0.1, -0.05) is 0 Å². The molecule has 2 fully saturated rings. The molecule has 1 amide bonds. The number of aryl methyl sites for hydroxylation is 1. The Morgan fingerprint density at radius 2 is 2.00 bits per heavy atom. The van der Waals surface area contributed by atoms with Crippen LogP contribution >= 0.6 is 0 Å². The van der Waals surface area contributed by atoms with Crippen molar-refractivity contribution in [1.29, 1.82) is 0 Å². The molecule has 1 aromatic heterocycles. The summed E-state index contributed by atoms with van der Waals surface area (Å²) in [7, 11) is 0. The van der Waals surface area contributed by atoms with E-state index in [1.165, 1.54) is 25.0 Å². The van der Waals surface area contributed by atoms with Crippen molar-refractivity contribution in [2.45, 2.75) is 32.3 Å². The minimum atomic E-state index is -0.220. The van der Waals surface area contributed by atoms with Gasteiger partial charge in [-0.3, -0.25) is 9.59 Å². The van der Waals surface area contributed by atoms with E-state index < -0.39 is 0 Å². The van der Waals surface area contributed by atoms with Crippen LogP contribution in [0, 0.1) is 6.92 Å². The SMILES string of the molecule is Cc1cc(=O)cc(C(=O)N2CCCOC(CN3CCCC3)C2)o1. The third-order valence-electron chi connectivity index (χ3n) is 4.40. The van der Waals surface area contributed by atoms with Gasteiger partial charge in [0.25, 0.3) is 5.91 Å². The van der Waals surface area contributed by atoms with Gasteiger partial charge in [0.05, 0.1) is 6.10 Å². The van der Waals surface area contributed by atoms with E-state index in [1.807, 2.05) is 0 Å². The lowest BCUT2D eigenvalue weighted by atomic mass is 10.2. The molecule has 2 aliphatic heterocycles. The Morgan fingerprint density at radius 1 is 1.22 bits per heavy atom. The fourth-order valence-corrected chi connectivity index (χ4v) is 3.31. The summed E-state index contributed by atoms with van der Waals surface area (Å²) in [5, 5.41) is 0. The van der Waals surface area contributed by atoms with Crippen LogP contribution < -0.4 is 5.43 Å². The molecule has 23 heavy (non-hydrogen) atoms. The van der Waals surface area contributed by atoms with Crippen molar-refractivity contribution < 1.29 is 13.9 Å². The summed E-state index contributed by atoms with van der Waals surface area (Å²) in [4.78, 5) is 28.4. The van der Waals surface area contributed by atoms with E-state index in [9.17, 15) is 9.59 Å². The van der Waals surface area contributed by atoms with Crippen LogP contribution in [0.3, 0.4) is 0 Å². The largest absolute Gasteiger partial charge is 0.456 e. The molecule has 2 aliphatic rings. The van der Waals surface area contributed by atoms with Crippen LogP contribution in [0.2, 0.25) is 0 Å². The van der Waals surface area contributed by atoms with E-state index in [-0.39, 0.29) is 23.2 Å². The second-order valence-corrected chi connectivity index (χ2v) is 6.37. The molecule has 126 valence electrons. The summed E-state index contributed by atoms with van der Waals surface area (Å²) in [5.74, 6) is 0.361. The highest BCUT2D eigenvalue weighted by Crippen LogP contribution is 2.14. The fourth-order valence-electron chi connectivity index (χ4n) is 3.31. The monoisotopic (exact) mass is 320 g/mol. The van der Waals surface area contributed by atoms with Crippen molar-refractivity contribution in [2.24, 2.45) is 0 Å². The first kappa shape index (κ1) is 16.2. The van der Waals surface area contributed by atoms with Crippen molar-refractivity contribution in [2.75, 3.05) is 39.3 Å². The molecule has 6 nitrogen and oxygen atoms in total. The number of hydrogen-bond acceptors (Lipinski definition) is 5. The summed E-state index contributed by atoms with van der Waals surface area (Å²) in [6.45, 7) is 6.61. The second-order valence-electron chi connectivity index (χ2n) is 6.37. The smallest absolute Gasteiger partial charge is 0.289 e. The first-order valence-electron chi connectivity index (χ1n) is 8.37. The van der Waals surface area contributed by atoms with Crippen LogP contribution in [0.1, 0.15) is 35.6 Å². The standard InChI is InChI=1S/C17H24N2O4/c1-13-9-14(20)10-16(23-13)17(21)19-7-4-8-22-15(12-19)11-18-5-2-3-6-18/h9-10,15H,2-8,11-12H2,1H3. The summed E-state index contributed by atoms with van der Waals surface area (Å²) in [6, 6.07) is 2.66. The number of rotatable bonds is 3. The molecular formula is C17H24N2O4. The quantitative estimate of drug-likeness (QED) is 0.839. The predicted molar refractivity (Wildman–Crippen MR) is 85.6 cm³/mol. The van der Waals surface area contributed by atoms with E-state index in [4.69, 9.17) is 9.15 Å². The lowest BCUT2D eigenvalue weighted by Gasteiger charge is -2.26. The molecule has 0 aromatic carbocycles. The topological polar surface area (TPSA) is 63.0 Å². The van der Waals surface area contributed by atoms with Gasteiger partial charge in [0.15, 0.2) is 11.2 Å². The molecule has 1 aromatic rings. The Kier molecular flexibility index (Phi) is 5.13. The molecule has 1 atom stereocenters. The molecular weight excluding hydrogens is 296 g/mol. The number of carbonyl (C=O) groups is 1. The zero-order chi connectivity index (χ0) is 16.2. The first-order valence-corrected chi connectivity index (χ1v) is 8.37. The number of likely N-dealkylation sites (tertiary alicyclic amines) is 1. The van der Waals surface area contributed by atoms with Gasteiger partial charge in [-0.15, -0.1) is 0 Å². The highest BCUT2D eigenvalue weighted by atomic mass is 16.5. The highest BCUT2D eigenvalue weighted by Gasteiger charge is 2.27. The number of nitrogens with zero attached hydrogens (tertiary/aromatic N) is 2. The van der Waals surface area contributed by atoms with Crippen LogP contribution in [0.25, 0.3) is 0 Å². The Hall–Kier alpha value is -1.66. The fraction of sp³-hybridized carbons (Fsp3) is 0.647. The van der Waals surface area contributed by atoms with Crippen LogP contribution in [0.5, 0.6) is 0 Å². The molecule has 2 saturated heterocycles. The average Bonchev–Trinajstić information content (AvgIpc) is 2.90. The van der Waals surface area contributed by atoms with Gasteiger partial charge < -0.3 is 19.0 Å². The van der Waals surface area contributed by atoms with Crippen molar-refractivity contribution >= 4 is 5.91 Å². The highest BCUT2D eigenvalue weighted by molar-refractivity contribution is 5.91. The van der Waals surface area contributed by atoms with Crippen molar-refractivity contribution in [3.05, 3.63) is 33.9 Å². The molecule has 0 bridgehead atoms. The van der Waals surface area contributed by atoms with E-state index in [1.54, 1.807) is 11.8 Å². The third kappa shape index (κ3) is 4.20. The maximum absolute atomic E-state index is 12.7. The zero-order valence-corrected chi connectivity index (χ0v) is 13.6.